The molecule has 0 unspecified atom stereocenters. The number of nitrogens with one attached hydrogen (secondary N) is 2. The molecule has 1 fully saturated rings. The highest BCUT2D eigenvalue weighted by Crippen LogP contribution is 2.25. The molecule has 1 aliphatic heterocycles. The van der Waals surface area contributed by atoms with Crippen molar-refractivity contribution in [2.24, 2.45) is 0 Å². The van der Waals surface area contributed by atoms with E-state index in [1.807, 2.05) is 50.2 Å². The number of carbonyl (C=O) groups excluding carboxylic acids is 2. The summed E-state index contributed by atoms with van der Waals surface area (Å²) in [7, 11) is 0. The molecule has 1 aliphatic rings. The van der Waals surface area contributed by atoms with Crippen molar-refractivity contribution in [3.8, 4) is 11.5 Å². The topological polar surface area (TPSA) is 79.9 Å². The molecule has 7 heteroatoms. The lowest BCUT2D eigenvalue weighted by Crippen LogP contribution is -2.39. The van der Waals surface area contributed by atoms with Crippen molar-refractivity contribution in [1.82, 2.24) is 5.32 Å². The number of anilines is 2. The summed E-state index contributed by atoms with van der Waals surface area (Å²) < 4.78 is 10.9. The number of rotatable bonds is 7. The Balaban J connectivity index is 1.59. The van der Waals surface area contributed by atoms with Crippen LogP contribution in [0.4, 0.5) is 16.2 Å². The number of hydrogen-bond donors (Lipinski definition) is 2. The first-order chi connectivity index (χ1) is 13.6. The van der Waals surface area contributed by atoms with Gasteiger partial charge in [0.2, 0.25) is 5.91 Å². The molecule has 0 aliphatic carbocycles. The lowest BCUT2D eigenvalue weighted by Gasteiger charge is -2.18. The van der Waals surface area contributed by atoms with Crippen molar-refractivity contribution < 1.29 is 19.1 Å². The first-order valence-corrected chi connectivity index (χ1v) is 9.43. The molecule has 7 nitrogen and oxygen atoms in total. The number of nitrogens with zero attached hydrogens (tertiary/aromatic N) is 1. The van der Waals surface area contributed by atoms with E-state index in [-0.39, 0.29) is 24.4 Å². The molecule has 2 aromatic rings. The van der Waals surface area contributed by atoms with E-state index in [2.05, 4.69) is 10.6 Å². The second-order valence-corrected chi connectivity index (χ2v) is 6.36. The molecule has 148 valence electrons. The summed E-state index contributed by atoms with van der Waals surface area (Å²) in [6.07, 6.45) is 0.258. The maximum Gasteiger partial charge on any atom is 0.319 e. The summed E-state index contributed by atoms with van der Waals surface area (Å²) in [6.45, 7) is 5.33. The third-order valence-electron chi connectivity index (χ3n) is 4.35. The third-order valence-corrected chi connectivity index (χ3v) is 4.35. The Kier molecular flexibility index (Phi) is 6.37. The Morgan fingerprint density at radius 2 is 1.79 bits per heavy atom. The molecule has 0 aromatic heterocycles. The van der Waals surface area contributed by atoms with E-state index >= 15 is 0 Å². The summed E-state index contributed by atoms with van der Waals surface area (Å²) in [4.78, 5) is 26.4. The van der Waals surface area contributed by atoms with Crippen LogP contribution < -0.4 is 25.0 Å². The van der Waals surface area contributed by atoms with Crippen molar-refractivity contribution in [3.63, 3.8) is 0 Å². The van der Waals surface area contributed by atoms with E-state index in [4.69, 9.17) is 9.47 Å². The molecule has 2 aromatic carbocycles. The predicted octanol–water partition coefficient (Wildman–Crippen LogP) is 3.41. The Morgan fingerprint density at radius 3 is 2.50 bits per heavy atom. The number of amides is 3. The Labute approximate surface area is 164 Å². The standard InChI is InChI=1S/C21H25N3O4/c1-3-27-17-11-9-16(10-12-17)24-14-15(13-20(24)25)22-21(26)23-18-7-5-6-8-19(18)28-4-2/h5-12,15H,3-4,13-14H2,1-2H3,(H2,22,23,26)/t15-/m1/s1. The van der Waals surface area contributed by atoms with E-state index in [9.17, 15) is 9.59 Å². The number of ether oxygens (including phenoxy) is 2. The second-order valence-electron chi connectivity index (χ2n) is 6.36. The molecule has 3 amide bonds. The smallest absolute Gasteiger partial charge is 0.319 e. The van der Waals surface area contributed by atoms with Gasteiger partial charge in [0, 0.05) is 18.7 Å². The number of carbonyl (C=O) groups is 2. The summed E-state index contributed by atoms with van der Waals surface area (Å²) in [5.74, 6) is 1.35. The summed E-state index contributed by atoms with van der Waals surface area (Å²) in [5.41, 5.74) is 1.38. The zero-order valence-corrected chi connectivity index (χ0v) is 16.1. The molecule has 0 saturated carbocycles. The van der Waals surface area contributed by atoms with Gasteiger partial charge < -0.3 is 25.0 Å². The highest BCUT2D eigenvalue weighted by Gasteiger charge is 2.31. The molecule has 28 heavy (non-hydrogen) atoms. The SMILES string of the molecule is CCOc1ccc(N2C[C@H](NC(=O)Nc3ccccc3OCC)CC2=O)cc1. The van der Waals surface area contributed by atoms with Crippen molar-refractivity contribution in [2.75, 3.05) is 30.0 Å². The van der Waals surface area contributed by atoms with Gasteiger partial charge in [-0.1, -0.05) is 12.1 Å². The van der Waals surface area contributed by atoms with Crippen molar-refractivity contribution in [3.05, 3.63) is 48.5 Å². The van der Waals surface area contributed by atoms with Gasteiger partial charge in [0.25, 0.3) is 0 Å². The van der Waals surface area contributed by atoms with Crippen LogP contribution in [0.2, 0.25) is 0 Å². The van der Waals surface area contributed by atoms with Gasteiger partial charge in [0.05, 0.1) is 24.9 Å². The van der Waals surface area contributed by atoms with Gasteiger partial charge in [0.15, 0.2) is 0 Å². The van der Waals surface area contributed by atoms with Gasteiger partial charge in [-0.05, 0) is 50.2 Å². The lowest BCUT2D eigenvalue weighted by molar-refractivity contribution is -0.117. The zero-order chi connectivity index (χ0) is 19.9. The van der Waals surface area contributed by atoms with E-state index in [0.29, 0.717) is 31.2 Å². The van der Waals surface area contributed by atoms with Gasteiger partial charge in [-0.15, -0.1) is 0 Å². The molecule has 0 bridgehead atoms. The van der Waals surface area contributed by atoms with Crippen LogP contribution in [0.5, 0.6) is 11.5 Å². The van der Waals surface area contributed by atoms with Crippen LogP contribution in [0, 0.1) is 0 Å². The van der Waals surface area contributed by atoms with Gasteiger partial charge in [-0.3, -0.25) is 4.79 Å². The predicted molar refractivity (Wildman–Crippen MR) is 108 cm³/mol. The number of para-hydroxylation sites is 2. The van der Waals surface area contributed by atoms with Crippen LogP contribution in [0.1, 0.15) is 20.3 Å². The Bertz CT molecular complexity index is 823. The van der Waals surface area contributed by atoms with Crippen molar-refractivity contribution >= 4 is 23.3 Å². The zero-order valence-electron chi connectivity index (χ0n) is 16.1. The quantitative estimate of drug-likeness (QED) is 0.768. The van der Waals surface area contributed by atoms with Crippen molar-refractivity contribution in [2.45, 2.75) is 26.3 Å². The molecular formula is C21H25N3O4. The lowest BCUT2D eigenvalue weighted by atomic mass is 10.2. The van der Waals surface area contributed by atoms with Crippen LogP contribution in [0.25, 0.3) is 0 Å². The summed E-state index contributed by atoms with van der Waals surface area (Å²) >= 11 is 0. The summed E-state index contributed by atoms with van der Waals surface area (Å²) in [6, 6.07) is 14.0. The second kappa shape index (κ2) is 9.12. The average molecular weight is 383 g/mol. The first-order valence-electron chi connectivity index (χ1n) is 9.43. The van der Waals surface area contributed by atoms with Crippen molar-refractivity contribution in [1.29, 1.82) is 0 Å². The normalized spacial score (nSPS) is 16.0. The fraction of sp³-hybridized carbons (Fsp3) is 0.333. The number of urea groups is 1. The van der Waals surface area contributed by atoms with Gasteiger partial charge in [-0.25, -0.2) is 4.79 Å². The number of hydrogen-bond acceptors (Lipinski definition) is 4. The van der Waals surface area contributed by atoms with Crippen LogP contribution in [0.3, 0.4) is 0 Å². The van der Waals surface area contributed by atoms with E-state index in [1.165, 1.54) is 0 Å². The minimum absolute atomic E-state index is 0.0239. The van der Waals surface area contributed by atoms with Crippen LogP contribution in [0.15, 0.2) is 48.5 Å². The highest BCUT2D eigenvalue weighted by atomic mass is 16.5. The maximum atomic E-state index is 12.4. The molecule has 1 heterocycles. The van der Waals surface area contributed by atoms with Gasteiger partial charge in [-0.2, -0.15) is 0 Å². The molecule has 0 spiro atoms. The largest absolute Gasteiger partial charge is 0.494 e. The van der Waals surface area contributed by atoms with E-state index in [1.54, 1.807) is 17.0 Å². The first kappa shape index (κ1) is 19.5. The van der Waals surface area contributed by atoms with Gasteiger partial charge in [0.1, 0.15) is 11.5 Å². The number of benzene rings is 2. The molecule has 0 radical (unpaired) electrons. The molecule has 2 N–H and O–H groups in total. The van der Waals surface area contributed by atoms with Crippen LogP contribution >= 0.6 is 0 Å². The molecule has 1 atom stereocenters. The molecule has 3 rings (SSSR count). The fourth-order valence-electron chi connectivity index (χ4n) is 3.14. The average Bonchev–Trinajstić information content (AvgIpc) is 3.04. The Hall–Kier alpha value is -3.22. The molecular weight excluding hydrogens is 358 g/mol. The molecule has 1 saturated heterocycles. The van der Waals surface area contributed by atoms with E-state index in [0.717, 1.165) is 11.4 Å². The van der Waals surface area contributed by atoms with Crippen LogP contribution in [-0.2, 0) is 4.79 Å². The minimum atomic E-state index is -0.363. The summed E-state index contributed by atoms with van der Waals surface area (Å²) in [5, 5.41) is 5.66. The highest BCUT2D eigenvalue weighted by molar-refractivity contribution is 5.98. The maximum absolute atomic E-state index is 12.4. The third kappa shape index (κ3) is 4.73. The van der Waals surface area contributed by atoms with Gasteiger partial charge >= 0.3 is 6.03 Å². The fourth-order valence-corrected chi connectivity index (χ4v) is 3.14. The monoisotopic (exact) mass is 383 g/mol. The minimum Gasteiger partial charge on any atom is -0.494 e. The van der Waals surface area contributed by atoms with E-state index < -0.39 is 0 Å². The Morgan fingerprint density at radius 1 is 1.07 bits per heavy atom. The van der Waals surface area contributed by atoms with Crippen LogP contribution in [-0.4, -0.2) is 37.7 Å².